The highest BCUT2D eigenvalue weighted by Gasteiger charge is 2.28. The minimum absolute atomic E-state index is 0.224. The Morgan fingerprint density at radius 3 is 0.946 bits per heavy atom. The van der Waals surface area contributed by atoms with Gasteiger partial charge in [-0.25, -0.2) is 29.9 Å². The normalized spacial score (nSPS) is 13.4. The topological polar surface area (TPSA) is 160 Å². The van der Waals surface area contributed by atoms with E-state index in [1.807, 2.05) is 49.1 Å². The third-order valence-corrected chi connectivity index (χ3v) is 10.3. The maximum absolute atomic E-state index is 5.21. The average Bonchev–Trinajstić information content (AvgIpc) is 3.84. The molecule has 7 aromatic heterocycles. The lowest BCUT2D eigenvalue weighted by molar-refractivity contribution is 0.566. The molecule has 2 aliphatic rings. The molecule has 56 heavy (non-hydrogen) atoms. The van der Waals surface area contributed by atoms with Crippen LogP contribution in [-0.4, -0.2) is 59.8 Å². The predicted molar refractivity (Wildman–Crippen MR) is 222 cm³/mol. The lowest BCUT2D eigenvalue weighted by Crippen LogP contribution is -2.14. The van der Waals surface area contributed by atoms with Crippen LogP contribution in [0.4, 0.5) is 0 Å². The van der Waals surface area contributed by atoms with Crippen LogP contribution in [0.25, 0.3) is 89.7 Å². The van der Waals surface area contributed by atoms with Crippen molar-refractivity contribution in [2.45, 2.75) is 105 Å². The van der Waals surface area contributed by atoms with Crippen LogP contribution in [0.2, 0.25) is 0 Å². The summed E-state index contributed by atoms with van der Waals surface area (Å²) in [5, 5.41) is 0. The Morgan fingerprint density at radius 2 is 0.607 bits per heavy atom. The third kappa shape index (κ3) is 5.89. The Kier molecular flexibility index (Phi) is 7.47. The zero-order valence-electron chi connectivity index (χ0n) is 34.1. The molecule has 9 rings (SSSR count). The van der Waals surface area contributed by atoms with Crippen molar-refractivity contribution in [3.8, 4) is 45.6 Å². The lowest BCUT2D eigenvalue weighted by Gasteiger charge is -2.17. The van der Waals surface area contributed by atoms with Crippen molar-refractivity contribution in [1.29, 1.82) is 0 Å². The van der Waals surface area contributed by atoms with Crippen LogP contribution in [-0.2, 0) is 21.7 Å². The molecule has 12 heteroatoms. The van der Waals surface area contributed by atoms with Crippen LogP contribution in [0.3, 0.4) is 0 Å². The molecule has 0 saturated carbocycles. The molecule has 0 atom stereocenters. The molecule has 0 radical (unpaired) electrons. The van der Waals surface area contributed by atoms with E-state index >= 15 is 0 Å². The number of rotatable bonds is 0. The summed E-state index contributed by atoms with van der Waals surface area (Å²) in [6, 6.07) is 7.99. The minimum atomic E-state index is -0.227. The largest absolute Gasteiger partial charge is 0.352 e. The number of aromatic amines is 2. The van der Waals surface area contributed by atoms with Gasteiger partial charge in [0.05, 0.1) is 67.6 Å². The number of hydrogen-bond donors (Lipinski definition) is 2. The standard InChI is InChI=1S/C44H46N12/c1-41(2,3)29-17-45-33-21-14-26-38-35(47-19-31(54-38)43(7,8)9)23(51-26)16-28-40-36(48-20-32(56-40)44(10,11)12)24(52-28)15-27-39-34(46-18-30(55-39)42(4,5)6)22(50-27)13-25(49-21)37(33)53-29/h13-20,49,52H,1-12H3. The summed E-state index contributed by atoms with van der Waals surface area (Å²) in [5.41, 5.74) is 13.9. The maximum atomic E-state index is 5.21. The summed E-state index contributed by atoms with van der Waals surface area (Å²) in [6.07, 6.45) is 7.42. The van der Waals surface area contributed by atoms with E-state index in [2.05, 4.69) is 93.1 Å². The second kappa shape index (κ2) is 11.7. The molecule has 0 aliphatic carbocycles. The van der Waals surface area contributed by atoms with Gasteiger partial charge in [0.15, 0.2) is 0 Å². The molecule has 2 N–H and O–H groups in total. The first-order chi connectivity index (χ1) is 26.2. The van der Waals surface area contributed by atoms with E-state index in [0.717, 1.165) is 55.9 Å². The fourth-order valence-corrected chi connectivity index (χ4v) is 6.87. The van der Waals surface area contributed by atoms with E-state index in [0.29, 0.717) is 56.6 Å². The number of nitrogens with one attached hydrogen (secondary N) is 2. The van der Waals surface area contributed by atoms with E-state index in [9.17, 15) is 0 Å². The minimum Gasteiger partial charge on any atom is -0.352 e. The summed E-state index contributed by atoms with van der Waals surface area (Å²) in [5.74, 6) is 0. The molecule has 12 nitrogen and oxygen atoms in total. The number of aromatic nitrogens is 12. The Balaban J connectivity index is 1.47. The van der Waals surface area contributed by atoms with Crippen LogP contribution in [0.5, 0.6) is 0 Å². The molecule has 0 fully saturated rings. The van der Waals surface area contributed by atoms with Crippen molar-refractivity contribution < 1.29 is 0 Å². The smallest absolute Gasteiger partial charge is 0.117 e. The molecule has 8 bridgehead atoms. The van der Waals surface area contributed by atoms with E-state index in [1.54, 1.807) is 0 Å². The van der Waals surface area contributed by atoms with Crippen LogP contribution >= 0.6 is 0 Å². The fourth-order valence-electron chi connectivity index (χ4n) is 6.87. The van der Waals surface area contributed by atoms with Crippen LogP contribution < -0.4 is 0 Å². The van der Waals surface area contributed by atoms with E-state index in [1.165, 1.54) is 0 Å². The number of nitrogens with zero attached hydrogens (tertiary/aromatic N) is 10. The molecule has 0 saturated heterocycles. The monoisotopic (exact) mass is 742 g/mol. The number of H-pyrrole nitrogens is 2. The Morgan fingerprint density at radius 1 is 0.321 bits per heavy atom. The van der Waals surface area contributed by atoms with Gasteiger partial charge < -0.3 is 9.97 Å². The molecule has 0 spiro atoms. The first-order valence-electron chi connectivity index (χ1n) is 19.1. The van der Waals surface area contributed by atoms with Gasteiger partial charge in [0.25, 0.3) is 0 Å². The average molecular weight is 743 g/mol. The van der Waals surface area contributed by atoms with E-state index in [-0.39, 0.29) is 21.7 Å². The Bertz CT molecular complexity index is 2760. The molecule has 282 valence electrons. The van der Waals surface area contributed by atoms with Gasteiger partial charge in [-0.15, -0.1) is 0 Å². The van der Waals surface area contributed by atoms with Crippen LogP contribution in [0, 0.1) is 0 Å². The predicted octanol–water partition coefficient (Wildman–Crippen LogP) is 9.64. The molecular weight excluding hydrogens is 697 g/mol. The molecule has 0 aromatic carbocycles. The highest BCUT2D eigenvalue weighted by molar-refractivity contribution is 6.05. The molecule has 9 heterocycles. The second-order valence-electron chi connectivity index (χ2n) is 19.1. The highest BCUT2D eigenvalue weighted by atomic mass is 15.0. The fraction of sp³-hybridized carbons (Fsp3) is 0.364. The zero-order chi connectivity index (χ0) is 39.7. The van der Waals surface area contributed by atoms with Gasteiger partial charge in [-0.2, -0.15) is 0 Å². The maximum Gasteiger partial charge on any atom is 0.117 e. The van der Waals surface area contributed by atoms with Gasteiger partial charge in [0.1, 0.15) is 44.8 Å². The lowest BCUT2D eigenvalue weighted by atomic mass is 9.92. The summed E-state index contributed by atoms with van der Waals surface area (Å²) >= 11 is 0. The first-order valence-corrected chi connectivity index (χ1v) is 19.1. The molecule has 0 unspecified atom stereocenters. The van der Waals surface area contributed by atoms with Gasteiger partial charge in [-0.1, -0.05) is 83.1 Å². The van der Waals surface area contributed by atoms with E-state index in [4.69, 9.17) is 49.8 Å². The van der Waals surface area contributed by atoms with Crippen molar-refractivity contribution >= 4 is 44.1 Å². The zero-order valence-corrected chi connectivity index (χ0v) is 34.1. The van der Waals surface area contributed by atoms with Crippen molar-refractivity contribution in [1.82, 2.24) is 59.8 Å². The molecule has 2 aliphatic heterocycles. The molecule has 0 amide bonds. The van der Waals surface area contributed by atoms with Gasteiger partial charge in [0.2, 0.25) is 0 Å². The summed E-state index contributed by atoms with van der Waals surface area (Å²) in [7, 11) is 0. The van der Waals surface area contributed by atoms with Crippen molar-refractivity contribution in [3.05, 3.63) is 71.8 Å². The Labute approximate surface area is 325 Å². The SMILES string of the molecule is CC(C)(C)c1cnc2c(n1)-c1cc3[nH]c(cc4nc(cc5[nH]c(cc-2n1)c1nc(C(C)(C)C)cnc51)-c1nc(C(C)(C)C)cnc1-4)c1nc(C(C)(C)C)cnc31. The summed E-state index contributed by atoms with van der Waals surface area (Å²) in [4.78, 5) is 58.4. The summed E-state index contributed by atoms with van der Waals surface area (Å²) < 4.78 is 0. The van der Waals surface area contributed by atoms with Crippen molar-refractivity contribution in [2.75, 3.05) is 0 Å². The molecule has 7 aromatic rings. The second-order valence-corrected chi connectivity index (χ2v) is 19.1. The van der Waals surface area contributed by atoms with Crippen molar-refractivity contribution in [2.24, 2.45) is 0 Å². The number of hydrogen-bond acceptors (Lipinski definition) is 10. The van der Waals surface area contributed by atoms with Crippen LogP contribution in [0.15, 0.2) is 49.1 Å². The van der Waals surface area contributed by atoms with E-state index < -0.39 is 0 Å². The van der Waals surface area contributed by atoms with Crippen LogP contribution in [0.1, 0.15) is 106 Å². The highest BCUT2D eigenvalue weighted by Crippen LogP contribution is 2.39. The van der Waals surface area contributed by atoms with Gasteiger partial charge >= 0.3 is 0 Å². The summed E-state index contributed by atoms with van der Waals surface area (Å²) in [6.45, 7) is 25.6. The van der Waals surface area contributed by atoms with Gasteiger partial charge in [-0.05, 0) is 24.3 Å². The van der Waals surface area contributed by atoms with Crippen molar-refractivity contribution in [3.63, 3.8) is 0 Å². The Hall–Kier alpha value is -6.04. The first kappa shape index (κ1) is 35.6. The van der Waals surface area contributed by atoms with Gasteiger partial charge in [-0.3, -0.25) is 19.9 Å². The number of fused-ring (bicyclic) bond motifs is 20. The quantitative estimate of drug-likeness (QED) is 0.153. The third-order valence-electron chi connectivity index (χ3n) is 10.3. The molecular formula is C44H46N12. The van der Waals surface area contributed by atoms with Gasteiger partial charge in [0, 0.05) is 46.4 Å².